The molecule has 1 unspecified atom stereocenters. The monoisotopic (exact) mass is 224 g/mol. The van der Waals surface area contributed by atoms with Crippen LogP contribution in [0.1, 0.15) is 25.8 Å². The van der Waals surface area contributed by atoms with E-state index in [2.05, 4.69) is 10.1 Å². The van der Waals surface area contributed by atoms with E-state index in [1.54, 1.807) is 11.8 Å². The smallest absolute Gasteiger partial charge is 0.247 e. The van der Waals surface area contributed by atoms with Crippen molar-refractivity contribution in [2.75, 3.05) is 13.2 Å². The lowest BCUT2D eigenvalue weighted by Crippen LogP contribution is -2.41. The number of rotatable bonds is 3. The fraction of sp³-hybridized carbons (Fsp3) is 0.700. The number of carbonyl (C=O) groups is 1. The zero-order valence-electron chi connectivity index (χ0n) is 9.28. The highest BCUT2D eigenvalue weighted by Crippen LogP contribution is 2.20. The molecular weight excluding hydrogens is 208 g/mol. The molecule has 6 heteroatoms. The van der Waals surface area contributed by atoms with Crippen molar-refractivity contribution in [3.63, 3.8) is 0 Å². The molecule has 1 aromatic heterocycles. The van der Waals surface area contributed by atoms with E-state index in [1.165, 1.54) is 17.3 Å². The topological polar surface area (TPSA) is 71.2 Å². The van der Waals surface area contributed by atoms with Gasteiger partial charge < -0.3 is 10.0 Å². The lowest BCUT2D eigenvalue weighted by atomic mass is 10.2. The van der Waals surface area contributed by atoms with Gasteiger partial charge in [-0.3, -0.25) is 4.79 Å². The minimum atomic E-state index is -0.352. The Kier molecular flexibility index (Phi) is 3.19. The Morgan fingerprint density at radius 3 is 3.12 bits per heavy atom. The second-order valence-corrected chi connectivity index (χ2v) is 4.06. The predicted octanol–water partition coefficient (Wildman–Crippen LogP) is -0.178. The Morgan fingerprint density at radius 2 is 2.50 bits per heavy atom. The van der Waals surface area contributed by atoms with Crippen molar-refractivity contribution in [1.82, 2.24) is 19.7 Å². The largest absolute Gasteiger partial charge is 0.394 e. The van der Waals surface area contributed by atoms with Gasteiger partial charge in [-0.1, -0.05) is 0 Å². The Labute approximate surface area is 93.9 Å². The first-order valence-electron chi connectivity index (χ1n) is 5.49. The van der Waals surface area contributed by atoms with Crippen LogP contribution in [0.4, 0.5) is 0 Å². The highest BCUT2D eigenvalue weighted by atomic mass is 16.3. The molecule has 1 N–H and O–H groups in total. The average Bonchev–Trinajstić information content (AvgIpc) is 2.97. The molecule has 0 radical (unpaired) electrons. The minimum absolute atomic E-state index is 0.00190. The van der Waals surface area contributed by atoms with E-state index in [-0.39, 0.29) is 24.6 Å². The van der Waals surface area contributed by atoms with Gasteiger partial charge in [-0.15, -0.1) is 0 Å². The van der Waals surface area contributed by atoms with Crippen LogP contribution in [-0.2, 0) is 4.79 Å². The van der Waals surface area contributed by atoms with Gasteiger partial charge in [-0.2, -0.15) is 5.10 Å². The molecule has 0 aliphatic carbocycles. The van der Waals surface area contributed by atoms with Crippen LogP contribution < -0.4 is 0 Å². The number of aliphatic hydroxyl groups is 1. The molecule has 0 aromatic carbocycles. The summed E-state index contributed by atoms with van der Waals surface area (Å²) in [5.41, 5.74) is 0. The average molecular weight is 224 g/mol. The van der Waals surface area contributed by atoms with Crippen LogP contribution in [0.5, 0.6) is 0 Å². The van der Waals surface area contributed by atoms with Gasteiger partial charge >= 0.3 is 0 Å². The third kappa shape index (κ3) is 1.92. The Morgan fingerprint density at radius 1 is 1.69 bits per heavy atom. The summed E-state index contributed by atoms with van der Waals surface area (Å²) in [6.07, 6.45) is 4.79. The highest BCUT2D eigenvalue weighted by molar-refractivity contribution is 5.80. The second kappa shape index (κ2) is 4.61. The van der Waals surface area contributed by atoms with Gasteiger partial charge in [0.25, 0.3) is 0 Å². The molecule has 0 bridgehead atoms. The van der Waals surface area contributed by atoms with Crippen molar-refractivity contribution in [2.45, 2.75) is 31.8 Å². The quantitative estimate of drug-likeness (QED) is 0.773. The number of carbonyl (C=O) groups excluding carboxylic acids is 1. The molecule has 1 aliphatic heterocycles. The van der Waals surface area contributed by atoms with Crippen LogP contribution in [0.15, 0.2) is 12.7 Å². The van der Waals surface area contributed by atoms with Crippen molar-refractivity contribution in [3.05, 3.63) is 12.7 Å². The first-order chi connectivity index (χ1) is 7.74. The molecular formula is C10H16N4O2. The normalized spacial score (nSPS) is 22.4. The van der Waals surface area contributed by atoms with Crippen molar-refractivity contribution < 1.29 is 9.90 Å². The van der Waals surface area contributed by atoms with Crippen LogP contribution in [0.2, 0.25) is 0 Å². The first-order valence-corrected chi connectivity index (χ1v) is 5.49. The summed E-state index contributed by atoms with van der Waals surface area (Å²) in [5, 5.41) is 13.1. The number of hydrogen-bond donors (Lipinski definition) is 1. The van der Waals surface area contributed by atoms with Gasteiger partial charge in [-0.25, -0.2) is 9.67 Å². The molecule has 1 saturated heterocycles. The van der Waals surface area contributed by atoms with Gasteiger partial charge in [-0.05, 0) is 19.8 Å². The van der Waals surface area contributed by atoms with E-state index < -0.39 is 0 Å². The number of nitrogens with zero attached hydrogens (tertiary/aromatic N) is 4. The number of aromatic nitrogens is 3. The standard InChI is InChI=1S/C10H16N4O2/c1-8(14-7-11-6-12-14)10(16)13-4-2-3-9(13)5-15/h6-9,15H,2-5H2,1H3/t8?,9-/m1/s1. The zero-order chi connectivity index (χ0) is 11.5. The number of hydrogen-bond acceptors (Lipinski definition) is 4. The summed E-state index contributed by atoms with van der Waals surface area (Å²) in [5.74, 6) is 0.00190. The Bertz CT molecular complexity index is 352. The summed E-state index contributed by atoms with van der Waals surface area (Å²) in [7, 11) is 0. The van der Waals surface area contributed by atoms with Crippen LogP contribution in [0.25, 0.3) is 0 Å². The van der Waals surface area contributed by atoms with E-state index in [1.807, 2.05) is 0 Å². The molecule has 16 heavy (non-hydrogen) atoms. The maximum absolute atomic E-state index is 12.1. The molecule has 6 nitrogen and oxygen atoms in total. The van der Waals surface area contributed by atoms with Crippen LogP contribution in [-0.4, -0.2) is 49.9 Å². The van der Waals surface area contributed by atoms with Crippen molar-refractivity contribution >= 4 is 5.91 Å². The predicted molar refractivity (Wildman–Crippen MR) is 56.6 cm³/mol. The number of aliphatic hydroxyl groups excluding tert-OH is 1. The Hall–Kier alpha value is -1.43. The van der Waals surface area contributed by atoms with Gasteiger partial charge in [0.05, 0.1) is 12.6 Å². The number of amides is 1. The van der Waals surface area contributed by atoms with Crippen molar-refractivity contribution in [2.24, 2.45) is 0 Å². The second-order valence-electron chi connectivity index (χ2n) is 4.06. The zero-order valence-corrected chi connectivity index (χ0v) is 9.28. The lowest BCUT2D eigenvalue weighted by Gasteiger charge is -2.26. The Balaban J connectivity index is 2.07. The molecule has 2 heterocycles. The van der Waals surface area contributed by atoms with Crippen molar-refractivity contribution in [3.8, 4) is 0 Å². The molecule has 88 valence electrons. The van der Waals surface area contributed by atoms with Crippen LogP contribution in [0.3, 0.4) is 0 Å². The van der Waals surface area contributed by atoms with E-state index in [0.29, 0.717) is 0 Å². The third-order valence-corrected chi connectivity index (χ3v) is 3.06. The molecule has 2 atom stereocenters. The molecule has 0 spiro atoms. The molecule has 1 aliphatic rings. The van der Waals surface area contributed by atoms with E-state index in [4.69, 9.17) is 5.11 Å². The van der Waals surface area contributed by atoms with Crippen LogP contribution >= 0.6 is 0 Å². The van der Waals surface area contributed by atoms with Gasteiger partial charge in [0, 0.05) is 6.54 Å². The van der Waals surface area contributed by atoms with Crippen molar-refractivity contribution in [1.29, 1.82) is 0 Å². The van der Waals surface area contributed by atoms with E-state index in [9.17, 15) is 4.79 Å². The third-order valence-electron chi connectivity index (χ3n) is 3.06. The summed E-state index contributed by atoms with van der Waals surface area (Å²) in [6.45, 7) is 2.56. The molecule has 1 aromatic rings. The fourth-order valence-electron chi connectivity index (χ4n) is 2.09. The van der Waals surface area contributed by atoms with Gasteiger partial charge in [0.2, 0.25) is 5.91 Å². The van der Waals surface area contributed by atoms with Gasteiger partial charge in [0.1, 0.15) is 18.7 Å². The summed E-state index contributed by atoms with van der Waals surface area (Å²) >= 11 is 0. The molecule has 0 saturated carbocycles. The SMILES string of the molecule is CC(C(=O)N1CCC[C@@H]1CO)n1cncn1. The minimum Gasteiger partial charge on any atom is -0.394 e. The first kappa shape index (κ1) is 11.1. The van der Waals surface area contributed by atoms with Gasteiger partial charge in [0.15, 0.2) is 0 Å². The summed E-state index contributed by atoms with van der Waals surface area (Å²) in [4.78, 5) is 17.7. The van der Waals surface area contributed by atoms with Crippen LogP contribution in [0, 0.1) is 0 Å². The fourth-order valence-corrected chi connectivity index (χ4v) is 2.09. The van der Waals surface area contributed by atoms with E-state index in [0.717, 1.165) is 19.4 Å². The molecule has 1 fully saturated rings. The number of likely N-dealkylation sites (tertiary alicyclic amines) is 1. The lowest BCUT2D eigenvalue weighted by molar-refractivity contribution is -0.136. The maximum Gasteiger partial charge on any atom is 0.247 e. The van der Waals surface area contributed by atoms with E-state index >= 15 is 0 Å². The summed E-state index contributed by atoms with van der Waals surface area (Å²) in [6, 6.07) is -0.381. The molecule has 1 amide bonds. The maximum atomic E-state index is 12.1. The summed E-state index contributed by atoms with van der Waals surface area (Å²) < 4.78 is 1.54. The highest BCUT2D eigenvalue weighted by Gasteiger charge is 2.31. The molecule has 2 rings (SSSR count).